The molecule has 3 heteroatoms. The molecule has 1 N–H and O–H groups in total. The first-order valence-corrected chi connectivity index (χ1v) is 6.88. The Morgan fingerprint density at radius 2 is 2.00 bits per heavy atom. The highest BCUT2D eigenvalue weighted by Gasteiger charge is 2.43. The summed E-state index contributed by atoms with van der Waals surface area (Å²) in [4.78, 5) is 13.6. The Morgan fingerprint density at radius 1 is 1.29 bits per heavy atom. The smallest absolute Gasteiger partial charge is 0.308 e. The fraction of sp³-hybridized carbons (Fsp3) is 0.929. The van der Waals surface area contributed by atoms with Crippen LogP contribution in [0.3, 0.4) is 0 Å². The lowest BCUT2D eigenvalue weighted by atomic mass is 9.72. The molecule has 2 rings (SSSR count). The fourth-order valence-electron chi connectivity index (χ4n) is 3.73. The molecule has 1 aliphatic heterocycles. The first kappa shape index (κ1) is 12.9. The van der Waals surface area contributed by atoms with Crippen molar-refractivity contribution in [2.24, 2.45) is 17.3 Å². The summed E-state index contributed by atoms with van der Waals surface area (Å²) >= 11 is 0. The Labute approximate surface area is 104 Å². The minimum absolute atomic E-state index is 0.160. The highest BCUT2D eigenvalue weighted by atomic mass is 16.4. The van der Waals surface area contributed by atoms with Gasteiger partial charge >= 0.3 is 5.97 Å². The SMILES string of the molecule is C[C@@H]1CN(C2CCCCC2(C)C)C[C@H]1C(=O)O. The predicted octanol–water partition coefficient (Wildman–Crippen LogP) is 2.61. The second kappa shape index (κ2) is 4.60. The van der Waals surface area contributed by atoms with Crippen molar-refractivity contribution < 1.29 is 9.90 Å². The molecule has 0 bridgehead atoms. The Kier molecular flexibility index (Phi) is 3.48. The van der Waals surface area contributed by atoms with E-state index in [1.807, 2.05) is 0 Å². The number of aliphatic carboxylic acids is 1. The summed E-state index contributed by atoms with van der Waals surface area (Å²) in [5, 5.41) is 9.20. The van der Waals surface area contributed by atoms with Crippen LogP contribution in [-0.2, 0) is 4.79 Å². The largest absolute Gasteiger partial charge is 0.481 e. The van der Waals surface area contributed by atoms with E-state index in [0.29, 0.717) is 17.4 Å². The van der Waals surface area contributed by atoms with E-state index in [-0.39, 0.29) is 5.92 Å². The lowest BCUT2D eigenvalue weighted by Gasteiger charge is -2.44. The molecule has 0 aromatic heterocycles. The van der Waals surface area contributed by atoms with Crippen LogP contribution < -0.4 is 0 Å². The van der Waals surface area contributed by atoms with Crippen molar-refractivity contribution >= 4 is 5.97 Å². The van der Waals surface area contributed by atoms with Crippen LogP contribution in [0.4, 0.5) is 0 Å². The Hall–Kier alpha value is -0.570. The quantitative estimate of drug-likeness (QED) is 0.805. The molecule has 0 aromatic carbocycles. The summed E-state index contributed by atoms with van der Waals surface area (Å²) in [6.07, 6.45) is 5.15. The average Bonchev–Trinajstić information content (AvgIpc) is 2.59. The number of nitrogens with zero attached hydrogens (tertiary/aromatic N) is 1. The predicted molar refractivity (Wildman–Crippen MR) is 67.9 cm³/mol. The molecule has 1 unspecified atom stereocenters. The molecule has 2 fully saturated rings. The van der Waals surface area contributed by atoms with Gasteiger partial charge in [-0.1, -0.05) is 33.6 Å². The topological polar surface area (TPSA) is 40.5 Å². The molecule has 1 aliphatic carbocycles. The maximum absolute atomic E-state index is 11.2. The monoisotopic (exact) mass is 239 g/mol. The summed E-state index contributed by atoms with van der Waals surface area (Å²) < 4.78 is 0. The van der Waals surface area contributed by atoms with Crippen LogP contribution in [0.2, 0.25) is 0 Å². The zero-order valence-electron chi connectivity index (χ0n) is 11.3. The standard InChI is InChI=1S/C14H25NO2/c1-10-8-15(9-11(10)13(16)17)12-6-4-5-7-14(12,2)3/h10-12H,4-9H2,1-3H3,(H,16,17)/t10-,11-,12?/m1/s1. The number of rotatable bonds is 2. The van der Waals surface area contributed by atoms with Crippen LogP contribution in [0, 0.1) is 17.3 Å². The van der Waals surface area contributed by atoms with Crippen molar-refractivity contribution in [3.63, 3.8) is 0 Å². The van der Waals surface area contributed by atoms with E-state index < -0.39 is 5.97 Å². The van der Waals surface area contributed by atoms with Gasteiger partial charge in [0.1, 0.15) is 0 Å². The molecule has 3 atom stereocenters. The van der Waals surface area contributed by atoms with Gasteiger partial charge in [-0.2, -0.15) is 0 Å². The number of likely N-dealkylation sites (tertiary alicyclic amines) is 1. The van der Waals surface area contributed by atoms with Crippen molar-refractivity contribution in [2.75, 3.05) is 13.1 Å². The van der Waals surface area contributed by atoms with Gasteiger partial charge in [-0.05, 0) is 24.2 Å². The third-order valence-electron chi connectivity index (χ3n) is 4.85. The van der Waals surface area contributed by atoms with Crippen LogP contribution in [0.5, 0.6) is 0 Å². The number of carboxylic acids is 1. The van der Waals surface area contributed by atoms with Crippen LogP contribution in [0.25, 0.3) is 0 Å². The molecule has 1 saturated heterocycles. The van der Waals surface area contributed by atoms with Crippen molar-refractivity contribution in [2.45, 2.75) is 52.5 Å². The van der Waals surface area contributed by atoms with E-state index in [2.05, 4.69) is 25.7 Å². The van der Waals surface area contributed by atoms with E-state index in [4.69, 9.17) is 0 Å². The van der Waals surface area contributed by atoms with Gasteiger partial charge in [-0.3, -0.25) is 9.69 Å². The van der Waals surface area contributed by atoms with Gasteiger partial charge in [0.05, 0.1) is 5.92 Å². The van der Waals surface area contributed by atoms with Crippen LogP contribution >= 0.6 is 0 Å². The van der Waals surface area contributed by atoms with Crippen LogP contribution in [-0.4, -0.2) is 35.1 Å². The number of carboxylic acid groups (broad SMARTS) is 1. The maximum Gasteiger partial charge on any atom is 0.308 e. The summed E-state index contributed by atoms with van der Waals surface area (Å²) in [6.45, 7) is 8.48. The van der Waals surface area contributed by atoms with Crippen molar-refractivity contribution in [1.82, 2.24) is 4.90 Å². The minimum Gasteiger partial charge on any atom is -0.481 e. The molecule has 0 amide bonds. The zero-order chi connectivity index (χ0) is 12.6. The van der Waals surface area contributed by atoms with Crippen LogP contribution in [0.1, 0.15) is 46.5 Å². The third kappa shape index (κ3) is 2.49. The molecular formula is C14H25NO2. The van der Waals surface area contributed by atoms with Gasteiger partial charge in [0.2, 0.25) is 0 Å². The van der Waals surface area contributed by atoms with Gasteiger partial charge in [-0.25, -0.2) is 0 Å². The Balaban J connectivity index is 2.06. The highest BCUT2D eigenvalue weighted by Crippen LogP contribution is 2.41. The molecule has 17 heavy (non-hydrogen) atoms. The molecule has 0 spiro atoms. The zero-order valence-corrected chi connectivity index (χ0v) is 11.3. The molecule has 0 aromatic rings. The van der Waals surface area contributed by atoms with E-state index in [1.54, 1.807) is 0 Å². The van der Waals surface area contributed by atoms with E-state index >= 15 is 0 Å². The summed E-state index contributed by atoms with van der Waals surface area (Å²) in [5.41, 5.74) is 0.353. The molecule has 1 heterocycles. The van der Waals surface area contributed by atoms with E-state index in [9.17, 15) is 9.90 Å². The molecule has 3 nitrogen and oxygen atoms in total. The first-order valence-electron chi connectivity index (χ1n) is 6.88. The van der Waals surface area contributed by atoms with Crippen molar-refractivity contribution in [3.8, 4) is 0 Å². The number of hydrogen-bond acceptors (Lipinski definition) is 2. The van der Waals surface area contributed by atoms with Gasteiger partial charge in [0, 0.05) is 19.1 Å². The Bertz CT molecular complexity index is 301. The number of carbonyl (C=O) groups is 1. The molecule has 2 aliphatic rings. The average molecular weight is 239 g/mol. The maximum atomic E-state index is 11.2. The minimum atomic E-state index is -0.617. The summed E-state index contributed by atoms with van der Waals surface area (Å²) in [6, 6.07) is 0.586. The van der Waals surface area contributed by atoms with Gasteiger partial charge < -0.3 is 5.11 Å². The third-order valence-corrected chi connectivity index (χ3v) is 4.85. The Morgan fingerprint density at radius 3 is 2.53 bits per heavy atom. The van der Waals surface area contributed by atoms with Gasteiger partial charge in [-0.15, -0.1) is 0 Å². The van der Waals surface area contributed by atoms with Crippen LogP contribution in [0.15, 0.2) is 0 Å². The highest BCUT2D eigenvalue weighted by molar-refractivity contribution is 5.71. The molecule has 0 radical (unpaired) electrons. The molecule has 1 saturated carbocycles. The molecule has 98 valence electrons. The second-order valence-corrected chi connectivity index (χ2v) is 6.63. The first-order chi connectivity index (χ1) is 7.92. The summed E-state index contributed by atoms with van der Waals surface area (Å²) in [7, 11) is 0. The fourth-order valence-corrected chi connectivity index (χ4v) is 3.73. The van der Waals surface area contributed by atoms with Gasteiger partial charge in [0.25, 0.3) is 0 Å². The second-order valence-electron chi connectivity index (χ2n) is 6.63. The number of hydrogen-bond donors (Lipinski definition) is 1. The lowest BCUT2D eigenvalue weighted by molar-refractivity contribution is -0.142. The van der Waals surface area contributed by atoms with E-state index in [0.717, 1.165) is 13.1 Å². The summed E-state index contributed by atoms with van der Waals surface area (Å²) in [5.74, 6) is -0.480. The van der Waals surface area contributed by atoms with Crippen molar-refractivity contribution in [1.29, 1.82) is 0 Å². The molecular weight excluding hydrogens is 214 g/mol. The van der Waals surface area contributed by atoms with E-state index in [1.165, 1.54) is 25.7 Å². The normalized spacial score (nSPS) is 38.2. The lowest BCUT2D eigenvalue weighted by Crippen LogP contribution is -2.46. The van der Waals surface area contributed by atoms with Gasteiger partial charge in [0.15, 0.2) is 0 Å². The van der Waals surface area contributed by atoms with Crippen molar-refractivity contribution in [3.05, 3.63) is 0 Å².